The zero-order valence-electron chi connectivity index (χ0n) is 17.6. The van der Waals surface area contributed by atoms with Crippen LogP contribution in [-0.4, -0.2) is 48.9 Å². The van der Waals surface area contributed by atoms with E-state index >= 15 is 0 Å². The molecule has 2 heterocycles. The van der Waals surface area contributed by atoms with E-state index in [2.05, 4.69) is 9.88 Å². The standard InChI is InChI=1S/C22H30N4O3S/c1-15-20(16-5-3-6-17(13-16)30(2,28)29)25-18(14-27)21(24-15)26-11-9-22(10-12-26)8-4-7-19(22)23/h3,5-6,13,19,27H,4,7-12,14,23H2,1-2H3/t19-/m1/s1. The molecule has 2 fully saturated rings. The number of hydrogen-bond acceptors (Lipinski definition) is 7. The predicted octanol–water partition coefficient (Wildman–Crippen LogP) is 2.45. The second-order valence-electron chi connectivity index (χ2n) is 8.73. The lowest BCUT2D eigenvalue weighted by Crippen LogP contribution is -2.47. The van der Waals surface area contributed by atoms with E-state index in [1.54, 1.807) is 18.2 Å². The number of rotatable bonds is 4. The van der Waals surface area contributed by atoms with Crippen molar-refractivity contribution in [1.82, 2.24) is 9.97 Å². The molecule has 1 saturated carbocycles. The van der Waals surface area contributed by atoms with Crippen molar-refractivity contribution in [2.24, 2.45) is 11.1 Å². The average molecular weight is 431 g/mol. The van der Waals surface area contributed by atoms with Crippen molar-refractivity contribution in [3.05, 3.63) is 35.7 Å². The molecule has 4 rings (SSSR count). The third-order valence-corrected chi connectivity index (χ3v) is 7.95. The lowest BCUT2D eigenvalue weighted by molar-refractivity contribution is 0.196. The van der Waals surface area contributed by atoms with E-state index in [1.165, 1.54) is 19.1 Å². The summed E-state index contributed by atoms with van der Waals surface area (Å²) in [6, 6.07) is 6.99. The van der Waals surface area contributed by atoms with E-state index in [0.717, 1.165) is 38.2 Å². The molecule has 0 bridgehead atoms. The predicted molar refractivity (Wildman–Crippen MR) is 117 cm³/mol. The van der Waals surface area contributed by atoms with Gasteiger partial charge < -0.3 is 15.7 Å². The van der Waals surface area contributed by atoms with Crippen LogP contribution in [0.15, 0.2) is 29.2 Å². The van der Waals surface area contributed by atoms with E-state index in [9.17, 15) is 13.5 Å². The fraction of sp³-hybridized carbons (Fsp3) is 0.545. The first-order valence-electron chi connectivity index (χ1n) is 10.5. The summed E-state index contributed by atoms with van der Waals surface area (Å²) >= 11 is 0. The number of nitrogens with zero attached hydrogens (tertiary/aromatic N) is 3. The van der Waals surface area contributed by atoms with E-state index < -0.39 is 9.84 Å². The summed E-state index contributed by atoms with van der Waals surface area (Å²) in [5.41, 5.74) is 9.17. The number of benzene rings is 1. The molecule has 0 unspecified atom stereocenters. The molecule has 2 aliphatic rings. The molecule has 8 heteroatoms. The summed E-state index contributed by atoms with van der Waals surface area (Å²) in [4.78, 5) is 11.9. The van der Waals surface area contributed by atoms with Gasteiger partial charge in [-0.2, -0.15) is 0 Å². The Balaban J connectivity index is 1.64. The van der Waals surface area contributed by atoms with Crippen molar-refractivity contribution in [2.75, 3.05) is 24.2 Å². The largest absolute Gasteiger partial charge is 0.390 e. The van der Waals surface area contributed by atoms with Gasteiger partial charge in [0.2, 0.25) is 0 Å². The molecule has 2 aromatic rings. The summed E-state index contributed by atoms with van der Waals surface area (Å²) < 4.78 is 23.8. The third-order valence-electron chi connectivity index (χ3n) is 6.84. The molecule has 1 spiro atoms. The van der Waals surface area contributed by atoms with Gasteiger partial charge in [-0.25, -0.2) is 18.4 Å². The lowest BCUT2D eigenvalue weighted by Gasteiger charge is -2.42. The molecule has 1 aliphatic heterocycles. The van der Waals surface area contributed by atoms with E-state index in [1.807, 2.05) is 13.0 Å². The molecular weight excluding hydrogens is 400 g/mol. The van der Waals surface area contributed by atoms with Crippen molar-refractivity contribution in [3.63, 3.8) is 0 Å². The highest BCUT2D eigenvalue weighted by Gasteiger charge is 2.43. The molecule has 1 atom stereocenters. The minimum absolute atomic E-state index is 0.220. The highest BCUT2D eigenvalue weighted by molar-refractivity contribution is 7.90. The Bertz CT molecular complexity index is 1050. The van der Waals surface area contributed by atoms with Crippen LogP contribution < -0.4 is 10.6 Å². The maximum absolute atomic E-state index is 11.9. The van der Waals surface area contributed by atoms with Gasteiger partial charge in [-0.1, -0.05) is 18.6 Å². The lowest BCUT2D eigenvalue weighted by atomic mass is 9.74. The average Bonchev–Trinajstić information content (AvgIpc) is 3.07. The smallest absolute Gasteiger partial charge is 0.175 e. The Morgan fingerprint density at radius 3 is 2.57 bits per heavy atom. The number of aromatic nitrogens is 2. The van der Waals surface area contributed by atoms with E-state index in [-0.39, 0.29) is 23.0 Å². The Labute approximate surface area is 178 Å². The zero-order valence-corrected chi connectivity index (χ0v) is 18.5. The van der Waals surface area contributed by atoms with Crippen LogP contribution >= 0.6 is 0 Å². The van der Waals surface area contributed by atoms with Gasteiger partial charge >= 0.3 is 0 Å². The summed E-state index contributed by atoms with van der Waals surface area (Å²) in [6.07, 6.45) is 6.79. The molecule has 1 saturated heterocycles. The summed E-state index contributed by atoms with van der Waals surface area (Å²) in [5.74, 6) is 0.722. The van der Waals surface area contributed by atoms with Crippen LogP contribution in [-0.2, 0) is 16.4 Å². The van der Waals surface area contributed by atoms with Crippen molar-refractivity contribution in [2.45, 2.75) is 56.6 Å². The summed E-state index contributed by atoms with van der Waals surface area (Å²) in [6.45, 7) is 3.37. The first-order chi connectivity index (χ1) is 14.2. The number of anilines is 1. The van der Waals surface area contributed by atoms with Gasteiger partial charge in [0, 0.05) is 31.0 Å². The van der Waals surface area contributed by atoms with Crippen molar-refractivity contribution in [1.29, 1.82) is 0 Å². The fourth-order valence-corrected chi connectivity index (χ4v) is 5.67. The highest BCUT2D eigenvalue weighted by atomic mass is 32.2. The normalized spacial score (nSPS) is 21.3. The van der Waals surface area contributed by atoms with Crippen LogP contribution in [0, 0.1) is 12.3 Å². The SMILES string of the molecule is Cc1nc(N2CCC3(CCC[C@H]3N)CC2)c(CO)nc1-c1cccc(S(C)(=O)=O)c1. The molecule has 3 N–H and O–H groups in total. The van der Waals surface area contributed by atoms with Crippen LogP contribution in [0.1, 0.15) is 43.5 Å². The number of aryl methyl sites for hydroxylation is 1. The van der Waals surface area contributed by atoms with Gasteiger partial charge in [-0.15, -0.1) is 0 Å². The molecule has 1 aromatic carbocycles. The number of aliphatic hydroxyl groups is 1. The number of hydrogen-bond donors (Lipinski definition) is 2. The van der Waals surface area contributed by atoms with Crippen LogP contribution in [0.2, 0.25) is 0 Å². The minimum Gasteiger partial charge on any atom is -0.390 e. The third kappa shape index (κ3) is 3.84. The molecule has 0 amide bonds. The van der Waals surface area contributed by atoms with E-state index in [4.69, 9.17) is 10.7 Å². The topological polar surface area (TPSA) is 109 Å². The Morgan fingerprint density at radius 1 is 1.23 bits per heavy atom. The molecule has 7 nitrogen and oxygen atoms in total. The molecular formula is C22H30N4O3S. The molecule has 1 aromatic heterocycles. The van der Waals surface area contributed by atoms with Crippen LogP contribution in [0.25, 0.3) is 11.3 Å². The summed E-state index contributed by atoms with van der Waals surface area (Å²) in [5, 5.41) is 10.00. The van der Waals surface area contributed by atoms with E-state index in [0.29, 0.717) is 22.6 Å². The first kappa shape index (κ1) is 21.2. The first-order valence-corrected chi connectivity index (χ1v) is 12.4. The minimum atomic E-state index is -3.32. The van der Waals surface area contributed by atoms with Crippen molar-refractivity contribution >= 4 is 15.7 Å². The monoisotopic (exact) mass is 430 g/mol. The molecule has 0 radical (unpaired) electrons. The second-order valence-corrected chi connectivity index (χ2v) is 10.7. The van der Waals surface area contributed by atoms with Gasteiger partial charge in [0.1, 0.15) is 5.69 Å². The number of aliphatic hydroxyl groups excluding tert-OH is 1. The van der Waals surface area contributed by atoms with Crippen LogP contribution in [0.5, 0.6) is 0 Å². The van der Waals surface area contributed by atoms with Crippen LogP contribution in [0.3, 0.4) is 0 Å². The van der Waals surface area contributed by atoms with Gasteiger partial charge in [0.25, 0.3) is 0 Å². The molecule has 30 heavy (non-hydrogen) atoms. The Morgan fingerprint density at radius 2 is 1.97 bits per heavy atom. The van der Waals surface area contributed by atoms with Crippen molar-refractivity contribution < 1.29 is 13.5 Å². The van der Waals surface area contributed by atoms with Crippen LogP contribution in [0.4, 0.5) is 5.82 Å². The Hall–Kier alpha value is -2.03. The zero-order chi connectivity index (χ0) is 21.5. The second kappa shape index (κ2) is 7.90. The van der Waals surface area contributed by atoms with Crippen molar-refractivity contribution in [3.8, 4) is 11.3 Å². The van der Waals surface area contributed by atoms with Gasteiger partial charge in [-0.05, 0) is 50.2 Å². The maximum Gasteiger partial charge on any atom is 0.175 e. The number of piperidine rings is 1. The maximum atomic E-state index is 11.9. The molecule has 162 valence electrons. The number of sulfone groups is 1. The van der Waals surface area contributed by atoms with Gasteiger partial charge in [-0.3, -0.25) is 0 Å². The quantitative estimate of drug-likeness (QED) is 0.767. The fourth-order valence-electron chi connectivity index (χ4n) is 5.00. The van der Waals surface area contributed by atoms with Gasteiger partial charge in [0.15, 0.2) is 15.7 Å². The summed E-state index contributed by atoms with van der Waals surface area (Å²) in [7, 11) is -3.32. The van der Waals surface area contributed by atoms with Gasteiger partial charge in [0.05, 0.1) is 22.9 Å². The molecule has 1 aliphatic carbocycles. The highest BCUT2D eigenvalue weighted by Crippen LogP contribution is 2.46. The number of nitrogens with two attached hydrogens (primary N) is 1. The Kier molecular flexibility index (Phi) is 5.59.